The summed E-state index contributed by atoms with van der Waals surface area (Å²) in [6.07, 6.45) is 9.87. The van der Waals surface area contributed by atoms with Gasteiger partial charge in [-0.15, -0.1) is 0 Å². The second-order valence-electron chi connectivity index (χ2n) is 10.1. The third-order valence-corrected chi connectivity index (χ3v) is 7.63. The molecular formula is C29H38N3O+. The van der Waals surface area contributed by atoms with Gasteiger partial charge in [-0.3, -0.25) is 4.79 Å². The van der Waals surface area contributed by atoms with Crippen LogP contribution in [0, 0.1) is 18.8 Å². The zero-order chi connectivity index (χ0) is 23.4. The highest BCUT2D eigenvalue weighted by atomic mass is 16.1. The van der Waals surface area contributed by atoms with Crippen LogP contribution >= 0.6 is 0 Å². The maximum absolute atomic E-state index is 13.3. The van der Waals surface area contributed by atoms with E-state index in [0.29, 0.717) is 6.04 Å². The Balaban J connectivity index is 1.64. The third-order valence-electron chi connectivity index (χ3n) is 7.63. The predicted molar refractivity (Wildman–Crippen MR) is 133 cm³/mol. The van der Waals surface area contributed by atoms with Crippen LogP contribution in [0.2, 0.25) is 0 Å². The van der Waals surface area contributed by atoms with Gasteiger partial charge in [0.05, 0.1) is 6.54 Å². The number of nitrogens with zero attached hydrogens (tertiary/aromatic N) is 2. The number of carbonyl (C=O) groups is 1. The van der Waals surface area contributed by atoms with Crippen LogP contribution in [0.3, 0.4) is 0 Å². The molecule has 2 aromatic carbocycles. The molecule has 0 unspecified atom stereocenters. The highest BCUT2D eigenvalue weighted by Gasteiger charge is 2.51. The summed E-state index contributed by atoms with van der Waals surface area (Å²) in [4.78, 5) is 13.3. The molecule has 2 atom stereocenters. The smallest absolute Gasteiger partial charge is 0.253 e. The van der Waals surface area contributed by atoms with E-state index in [2.05, 4.69) is 66.6 Å². The molecule has 0 radical (unpaired) electrons. The standard InChI is InChI=1S/C29H37N3O/c1-22(2)11-10-18-31-19-20-32(23(31)3)27-17-16-26(21-27)29(28(30)33,24-12-6-4-7-13-24)25-14-8-5-9-15-25/h4-9,12-15,19-20,22,26-27H,10-11,16-18,21H2,1-3H3,(H-,30,33)/p+1/t26-,27+/m1/s1. The van der Waals surface area contributed by atoms with Gasteiger partial charge in [0.15, 0.2) is 0 Å². The predicted octanol–water partition coefficient (Wildman–Crippen LogP) is 5.33. The number of imidazole rings is 1. The van der Waals surface area contributed by atoms with E-state index in [1.54, 1.807) is 0 Å². The van der Waals surface area contributed by atoms with Gasteiger partial charge in [0.1, 0.15) is 23.9 Å². The number of benzene rings is 2. The van der Waals surface area contributed by atoms with Crippen molar-refractivity contribution >= 4 is 5.91 Å². The molecule has 1 aliphatic carbocycles. The molecule has 3 aromatic rings. The summed E-state index contributed by atoms with van der Waals surface area (Å²) in [6.45, 7) is 7.85. The van der Waals surface area contributed by atoms with Crippen molar-refractivity contribution < 1.29 is 9.36 Å². The zero-order valence-corrected chi connectivity index (χ0v) is 20.3. The molecule has 1 aliphatic rings. The molecule has 1 saturated carbocycles. The van der Waals surface area contributed by atoms with Gasteiger partial charge in [-0.1, -0.05) is 74.5 Å². The highest BCUT2D eigenvalue weighted by Crippen LogP contribution is 2.49. The van der Waals surface area contributed by atoms with Crippen LogP contribution in [0.1, 0.15) is 68.9 Å². The fourth-order valence-electron chi connectivity index (χ4n) is 5.94. The summed E-state index contributed by atoms with van der Waals surface area (Å²) in [5, 5.41) is 0. The molecular weight excluding hydrogens is 406 g/mol. The Bertz CT molecular complexity index is 1020. The highest BCUT2D eigenvalue weighted by molar-refractivity contribution is 5.91. The molecule has 1 fully saturated rings. The van der Waals surface area contributed by atoms with Crippen molar-refractivity contribution in [3.8, 4) is 0 Å². The largest absolute Gasteiger partial charge is 0.369 e. The van der Waals surface area contributed by atoms with E-state index in [0.717, 1.165) is 42.9 Å². The monoisotopic (exact) mass is 444 g/mol. The maximum atomic E-state index is 13.3. The summed E-state index contributed by atoms with van der Waals surface area (Å²) < 4.78 is 4.81. The van der Waals surface area contributed by atoms with Gasteiger partial charge in [-0.05, 0) is 55.1 Å². The van der Waals surface area contributed by atoms with E-state index >= 15 is 0 Å². The summed E-state index contributed by atoms with van der Waals surface area (Å²) in [7, 11) is 0. The van der Waals surface area contributed by atoms with Crippen LogP contribution in [0.15, 0.2) is 73.1 Å². The summed E-state index contributed by atoms with van der Waals surface area (Å²) in [6, 6.07) is 20.7. The van der Waals surface area contributed by atoms with Crippen molar-refractivity contribution in [2.75, 3.05) is 0 Å². The Labute approximate surface area is 198 Å². The second-order valence-corrected chi connectivity index (χ2v) is 10.1. The molecule has 0 aliphatic heterocycles. The van der Waals surface area contributed by atoms with Gasteiger partial charge in [-0.25, -0.2) is 9.13 Å². The topological polar surface area (TPSA) is 51.9 Å². The molecule has 174 valence electrons. The van der Waals surface area contributed by atoms with E-state index in [-0.39, 0.29) is 11.8 Å². The minimum Gasteiger partial charge on any atom is -0.369 e. The first-order valence-electron chi connectivity index (χ1n) is 12.4. The first-order valence-corrected chi connectivity index (χ1v) is 12.4. The first-order chi connectivity index (χ1) is 15.9. The normalized spacial score (nSPS) is 18.7. The fraction of sp³-hybridized carbons (Fsp3) is 0.448. The number of nitrogens with two attached hydrogens (primary N) is 1. The number of primary amides is 1. The number of hydrogen-bond donors (Lipinski definition) is 1. The summed E-state index contributed by atoms with van der Waals surface area (Å²) in [5.41, 5.74) is 7.45. The van der Waals surface area contributed by atoms with Crippen LogP contribution in [-0.2, 0) is 16.8 Å². The Morgan fingerprint density at radius 3 is 2.21 bits per heavy atom. The van der Waals surface area contributed by atoms with E-state index in [4.69, 9.17) is 5.73 Å². The van der Waals surface area contributed by atoms with Gasteiger partial charge in [0, 0.05) is 6.92 Å². The molecule has 33 heavy (non-hydrogen) atoms. The third kappa shape index (κ3) is 4.48. The molecule has 1 amide bonds. The van der Waals surface area contributed by atoms with Crippen LogP contribution in [-0.4, -0.2) is 10.5 Å². The number of hydrogen-bond acceptors (Lipinski definition) is 1. The van der Waals surface area contributed by atoms with E-state index in [9.17, 15) is 4.79 Å². The molecule has 0 bridgehead atoms. The van der Waals surface area contributed by atoms with E-state index < -0.39 is 5.41 Å². The average molecular weight is 445 g/mol. The van der Waals surface area contributed by atoms with Gasteiger partial charge >= 0.3 is 0 Å². The lowest BCUT2D eigenvalue weighted by molar-refractivity contribution is -0.703. The SMILES string of the molecule is Cc1n([C@H]2CC[C@@H](C(C(N)=O)(c3ccccc3)c3ccccc3)C2)cc[n+]1CCCC(C)C. The molecule has 4 rings (SSSR count). The van der Waals surface area contributed by atoms with Crippen LogP contribution in [0.25, 0.3) is 0 Å². The average Bonchev–Trinajstić information content (AvgIpc) is 3.43. The Morgan fingerprint density at radius 2 is 1.67 bits per heavy atom. The van der Waals surface area contributed by atoms with Crippen molar-refractivity contribution in [1.29, 1.82) is 0 Å². The molecule has 2 N–H and O–H groups in total. The molecule has 1 heterocycles. The van der Waals surface area contributed by atoms with Gasteiger partial charge in [0.25, 0.3) is 5.82 Å². The molecule has 4 heteroatoms. The number of rotatable bonds is 9. The Hall–Kier alpha value is -2.88. The lowest BCUT2D eigenvalue weighted by atomic mass is 9.64. The lowest BCUT2D eigenvalue weighted by Crippen LogP contribution is -2.47. The quantitative estimate of drug-likeness (QED) is 0.446. The molecule has 0 saturated heterocycles. The zero-order valence-electron chi connectivity index (χ0n) is 20.3. The summed E-state index contributed by atoms with van der Waals surface area (Å²) in [5.74, 6) is 1.94. The number of amides is 1. The lowest BCUT2D eigenvalue weighted by Gasteiger charge is -2.37. The van der Waals surface area contributed by atoms with Gasteiger partial charge < -0.3 is 5.73 Å². The van der Waals surface area contributed by atoms with Gasteiger partial charge in [0.2, 0.25) is 5.91 Å². The van der Waals surface area contributed by atoms with Crippen molar-refractivity contribution in [1.82, 2.24) is 4.57 Å². The van der Waals surface area contributed by atoms with Crippen molar-refractivity contribution in [3.63, 3.8) is 0 Å². The fourth-order valence-corrected chi connectivity index (χ4v) is 5.94. The van der Waals surface area contributed by atoms with Crippen molar-refractivity contribution in [2.24, 2.45) is 17.6 Å². The summed E-state index contributed by atoms with van der Waals surface area (Å²) >= 11 is 0. The van der Waals surface area contributed by atoms with Crippen LogP contribution < -0.4 is 10.3 Å². The van der Waals surface area contributed by atoms with Crippen molar-refractivity contribution in [3.05, 3.63) is 90.0 Å². The molecule has 1 aromatic heterocycles. The van der Waals surface area contributed by atoms with Crippen LogP contribution in [0.5, 0.6) is 0 Å². The minimum absolute atomic E-state index is 0.154. The molecule has 4 nitrogen and oxygen atoms in total. The van der Waals surface area contributed by atoms with Crippen molar-refractivity contribution in [2.45, 2.75) is 70.9 Å². The maximum Gasteiger partial charge on any atom is 0.253 e. The van der Waals surface area contributed by atoms with E-state index in [1.807, 2.05) is 36.4 Å². The number of aryl methyl sites for hydroxylation is 1. The first kappa shape index (κ1) is 23.3. The van der Waals surface area contributed by atoms with E-state index in [1.165, 1.54) is 18.7 Å². The Morgan fingerprint density at radius 1 is 1.06 bits per heavy atom. The van der Waals surface area contributed by atoms with Gasteiger partial charge in [-0.2, -0.15) is 0 Å². The van der Waals surface area contributed by atoms with Crippen LogP contribution in [0.4, 0.5) is 0 Å². The number of aromatic nitrogens is 2. The molecule has 0 spiro atoms. The minimum atomic E-state index is -0.814. The second kappa shape index (κ2) is 9.94. The number of carbonyl (C=O) groups excluding carboxylic acids is 1. The Kier molecular flexibility index (Phi) is 7.02.